The van der Waals surface area contributed by atoms with Gasteiger partial charge in [0, 0.05) is 17.1 Å². The summed E-state index contributed by atoms with van der Waals surface area (Å²) < 4.78 is 1.73. The van der Waals surface area contributed by atoms with E-state index < -0.39 is 17.9 Å². The number of benzene rings is 1. The number of nitrogens with zero attached hydrogens (tertiary/aromatic N) is 1. The summed E-state index contributed by atoms with van der Waals surface area (Å²) in [5, 5.41) is 9.71. The van der Waals surface area contributed by atoms with Gasteiger partial charge in [-0.3, -0.25) is 4.79 Å². The first-order chi connectivity index (χ1) is 8.56. The molecule has 0 aliphatic heterocycles. The second-order valence-corrected chi connectivity index (χ2v) is 4.09. The van der Waals surface area contributed by atoms with Gasteiger partial charge in [0.15, 0.2) is 0 Å². The minimum Gasteiger partial charge on any atom is -0.478 e. The fourth-order valence-corrected chi connectivity index (χ4v) is 2.18. The van der Waals surface area contributed by atoms with Crippen LogP contribution in [0.3, 0.4) is 0 Å². The van der Waals surface area contributed by atoms with Gasteiger partial charge in [-0.05, 0) is 24.6 Å². The molecule has 1 amide bonds. The summed E-state index contributed by atoms with van der Waals surface area (Å²) in [6.07, 6.45) is 2.27. The summed E-state index contributed by atoms with van der Waals surface area (Å²) >= 11 is 0. The van der Waals surface area contributed by atoms with Crippen molar-refractivity contribution in [2.75, 3.05) is 0 Å². The quantitative estimate of drug-likeness (QED) is 0.862. The molecule has 0 aliphatic carbocycles. The predicted octanol–water partition coefficient (Wildman–Crippen LogP) is 1.78. The zero-order chi connectivity index (χ0) is 13.3. The van der Waals surface area contributed by atoms with Gasteiger partial charge in [0.2, 0.25) is 5.91 Å². The van der Waals surface area contributed by atoms with Crippen LogP contribution in [0.5, 0.6) is 0 Å². The normalized spacial score (nSPS) is 12.5. The highest BCUT2D eigenvalue weighted by atomic mass is 16.4. The maximum Gasteiger partial charge on any atom is 0.336 e. The monoisotopic (exact) mass is 246 g/mol. The van der Waals surface area contributed by atoms with Crippen molar-refractivity contribution in [1.82, 2.24) is 4.57 Å². The summed E-state index contributed by atoms with van der Waals surface area (Å²) in [7, 11) is 0. The molecule has 0 saturated carbocycles. The number of aromatic carboxylic acids is 1. The number of carboxylic acid groups (broad SMARTS) is 1. The third-order valence-electron chi connectivity index (χ3n) is 3.04. The van der Waals surface area contributed by atoms with Crippen LogP contribution in [0.15, 0.2) is 30.5 Å². The second kappa shape index (κ2) is 4.52. The third kappa shape index (κ3) is 1.84. The van der Waals surface area contributed by atoms with Gasteiger partial charge >= 0.3 is 5.97 Å². The Labute approximate surface area is 104 Å². The molecule has 2 aromatic rings. The van der Waals surface area contributed by atoms with Gasteiger partial charge in [-0.25, -0.2) is 4.79 Å². The number of primary amides is 1. The number of aromatic nitrogens is 1. The standard InChI is InChI=1S/C13H14N2O3/c1-2-10(12(14)16)15-7-6-8-9(13(17)18)4-3-5-11(8)15/h3-7,10H,2H2,1H3,(H2,14,16)(H,17,18). The van der Waals surface area contributed by atoms with E-state index in [-0.39, 0.29) is 5.56 Å². The summed E-state index contributed by atoms with van der Waals surface area (Å²) in [5.41, 5.74) is 6.29. The topological polar surface area (TPSA) is 85.3 Å². The molecule has 0 aliphatic rings. The van der Waals surface area contributed by atoms with Gasteiger partial charge in [0.25, 0.3) is 0 Å². The number of carbonyl (C=O) groups is 2. The molecule has 1 aromatic carbocycles. The number of carboxylic acids is 1. The molecular formula is C13H14N2O3. The van der Waals surface area contributed by atoms with Crippen LogP contribution in [0.1, 0.15) is 29.7 Å². The average molecular weight is 246 g/mol. The lowest BCUT2D eigenvalue weighted by molar-refractivity contribution is -0.121. The number of hydrogen-bond donors (Lipinski definition) is 2. The van der Waals surface area contributed by atoms with Crippen molar-refractivity contribution in [2.24, 2.45) is 5.73 Å². The SMILES string of the molecule is CCC(C(N)=O)n1ccc2c(C(=O)O)cccc21. The molecule has 0 fully saturated rings. The molecular weight excluding hydrogens is 232 g/mol. The van der Waals surface area contributed by atoms with Crippen molar-refractivity contribution in [2.45, 2.75) is 19.4 Å². The van der Waals surface area contributed by atoms with Gasteiger partial charge in [-0.1, -0.05) is 13.0 Å². The van der Waals surface area contributed by atoms with Crippen molar-refractivity contribution in [3.63, 3.8) is 0 Å². The van der Waals surface area contributed by atoms with E-state index in [2.05, 4.69) is 0 Å². The van der Waals surface area contributed by atoms with Crippen molar-refractivity contribution < 1.29 is 14.7 Å². The molecule has 18 heavy (non-hydrogen) atoms. The molecule has 1 atom stereocenters. The van der Waals surface area contributed by atoms with Crippen LogP contribution in [-0.4, -0.2) is 21.6 Å². The van der Waals surface area contributed by atoms with E-state index in [0.29, 0.717) is 17.3 Å². The number of hydrogen-bond acceptors (Lipinski definition) is 2. The fraction of sp³-hybridized carbons (Fsp3) is 0.231. The van der Waals surface area contributed by atoms with Crippen LogP contribution in [0.2, 0.25) is 0 Å². The lowest BCUT2D eigenvalue weighted by Gasteiger charge is -2.14. The van der Waals surface area contributed by atoms with Crippen molar-refractivity contribution >= 4 is 22.8 Å². The average Bonchev–Trinajstić information content (AvgIpc) is 2.73. The van der Waals surface area contributed by atoms with Gasteiger partial charge in [0.1, 0.15) is 6.04 Å². The summed E-state index contributed by atoms with van der Waals surface area (Å²) in [4.78, 5) is 22.5. The Morgan fingerprint density at radius 3 is 2.67 bits per heavy atom. The number of rotatable bonds is 4. The Bertz CT molecular complexity index is 616. The van der Waals surface area contributed by atoms with Crippen LogP contribution in [0.25, 0.3) is 10.9 Å². The van der Waals surface area contributed by atoms with Gasteiger partial charge in [0.05, 0.1) is 5.56 Å². The highest BCUT2D eigenvalue weighted by molar-refractivity contribution is 6.03. The first kappa shape index (κ1) is 12.2. The summed E-state index contributed by atoms with van der Waals surface area (Å²) in [6.45, 7) is 1.86. The first-order valence-electron chi connectivity index (χ1n) is 5.68. The number of amides is 1. The van der Waals surface area contributed by atoms with Gasteiger partial charge in [-0.15, -0.1) is 0 Å². The smallest absolute Gasteiger partial charge is 0.336 e. The van der Waals surface area contributed by atoms with E-state index in [4.69, 9.17) is 10.8 Å². The molecule has 94 valence electrons. The molecule has 5 nitrogen and oxygen atoms in total. The first-order valence-corrected chi connectivity index (χ1v) is 5.68. The highest BCUT2D eigenvalue weighted by Crippen LogP contribution is 2.24. The van der Waals surface area contributed by atoms with E-state index in [1.54, 1.807) is 35.0 Å². The molecule has 0 spiro atoms. The largest absolute Gasteiger partial charge is 0.478 e. The lowest BCUT2D eigenvalue weighted by Crippen LogP contribution is -2.25. The van der Waals surface area contributed by atoms with E-state index >= 15 is 0 Å². The summed E-state index contributed by atoms with van der Waals surface area (Å²) in [6, 6.07) is 6.24. The van der Waals surface area contributed by atoms with Crippen molar-refractivity contribution in [3.8, 4) is 0 Å². The Morgan fingerprint density at radius 1 is 1.39 bits per heavy atom. The second-order valence-electron chi connectivity index (χ2n) is 4.09. The zero-order valence-corrected chi connectivity index (χ0v) is 9.96. The molecule has 1 heterocycles. The van der Waals surface area contributed by atoms with E-state index in [0.717, 1.165) is 0 Å². The van der Waals surface area contributed by atoms with Crippen molar-refractivity contribution in [1.29, 1.82) is 0 Å². The molecule has 0 radical (unpaired) electrons. The Balaban J connectivity index is 2.65. The van der Waals surface area contributed by atoms with Crippen LogP contribution in [0.4, 0.5) is 0 Å². The minimum atomic E-state index is -0.981. The minimum absolute atomic E-state index is 0.227. The van der Waals surface area contributed by atoms with Crippen LogP contribution in [0, 0.1) is 0 Å². The number of carbonyl (C=O) groups excluding carboxylic acids is 1. The zero-order valence-electron chi connectivity index (χ0n) is 9.96. The molecule has 0 saturated heterocycles. The number of fused-ring (bicyclic) bond motifs is 1. The Morgan fingerprint density at radius 2 is 2.11 bits per heavy atom. The predicted molar refractivity (Wildman–Crippen MR) is 67.4 cm³/mol. The maximum atomic E-state index is 11.4. The van der Waals surface area contributed by atoms with Crippen LogP contribution >= 0.6 is 0 Å². The number of nitrogens with two attached hydrogens (primary N) is 1. The maximum absolute atomic E-state index is 11.4. The molecule has 1 aromatic heterocycles. The highest BCUT2D eigenvalue weighted by Gasteiger charge is 2.18. The fourth-order valence-electron chi connectivity index (χ4n) is 2.18. The van der Waals surface area contributed by atoms with Gasteiger partial charge in [-0.2, -0.15) is 0 Å². The Kier molecular flexibility index (Phi) is 3.06. The van der Waals surface area contributed by atoms with Crippen molar-refractivity contribution in [3.05, 3.63) is 36.0 Å². The van der Waals surface area contributed by atoms with E-state index in [9.17, 15) is 9.59 Å². The summed E-state index contributed by atoms with van der Waals surface area (Å²) in [5.74, 6) is -1.40. The molecule has 2 rings (SSSR count). The lowest BCUT2D eigenvalue weighted by atomic mass is 10.1. The molecule has 0 bridgehead atoms. The van der Waals surface area contributed by atoms with Crippen LogP contribution < -0.4 is 5.73 Å². The van der Waals surface area contributed by atoms with Gasteiger partial charge < -0.3 is 15.4 Å². The van der Waals surface area contributed by atoms with E-state index in [1.807, 2.05) is 6.92 Å². The Hall–Kier alpha value is -2.30. The molecule has 1 unspecified atom stereocenters. The molecule has 5 heteroatoms. The van der Waals surface area contributed by atoms with E-state index in [1.165, 1.54) is 0 Å². The van der Waals surface area contributed by atoms with Crippen LogP contribution in [-0.2, 0) is 4.79 Å². The molecule has 3 N–H and O–H groups in total. The third-order valence-corrected chi connectivity index (χ3v) is 3.04.